The molecule has 1 heterocycles. The van der Waals surface area contributed by atoms with E-state index in [0.717, 1.165) is 0 Å². The van der Waals surface area contributed by atoms with Gasteiger partial charge in [-0.2, -0.15) is 9.78 Å². The van der Waals surface area contributed by atoms with Gasteiger partial charge < -0.3 is 4.74 Å². The standard InChI is InChI=1S/C13H15N3O3/c1-8(12(17)19-3)10-6-4-5-7-11(10)16-13(18)14-9(2)15-16/h4-8H,1-3H3,(H,14,15,18). The van der Waals surface area contributed by atoms with Gasteiger partial charge in [0.15, 0.2) is 0 Å². The fraction of sp³-hybridized carbons (Fsp3) is 0.308. The topological polar surface area (TPSA) is 77.0 Å². The van der Waals surface area contributed by atoms with Crippen LogP contribution in [0.3, 0.4) is 0 Å². The van der Waals surface area contributed by atoms with Crippen LogP contribution in [0, 0.1) is 6.92 Å². The number of benzene rings is 1. The Morgan fingerprint density at radius 3 is 2.68 bits per heavy atom. The molecule has 0 aliphatic heterocycles. The zero-order valence-electron chi connectivity index (χ0n) is 11.0. The smallest absolute Gasteiger partial charge is 0.348 e. The first-order chi connectivity index (χ1) is 9.04. The molecule has 6 heteroatoms. The van der Waals surface area contributed by atoms with E-state index in [1.54, 1.807) is 32.0 Å². The molecule has 0 saturated carbocycles. The Morgan fingerprint density at radius 2 is 2.11 bits per heavy atom. The zero-order chi connectivity index (χ0) is 14.0. The minimum Gasteiger partial charge on any atom is -0.469 e. The molecule has 0 fully saturated rings. The van der Waals surface area contributed by atoms with Crippen molar-refractivity contribution in [3.8, 4) is 5.69 Å². The summed E-state index contributed by atoms with van der Waals surface area (Å²) in [5, 5.41) is 4.11. The Balaban J connectivity index is 2.56. The van der Waals surface area contributed by atoms with Gasteiger partial charge >= 0.3 is 11.7 Å². The van der Waals surface area contributed by atoms with E-state index in [1.807, 2.05) is 6.07 Å². The molecule has 0 bridgehead atoms. The number of carbonyl (C=O) groups is 1. The SMILES string of the molecule is COC(=O)C(C)c1ccccc1-n1nc(C)[nH]c1=O. The Morgan fingerprint density at radius 1 is 1.42 bits per heavy atom. The van der Waals surface area contributed by atoms with Crippen molar-refractivity contribution in [2.75, 3.05) is 7.11 Å². The molecule has 0 saturated heterocycles. The molecule has 100 valence electrons. The van der Waals surface area contributed by atoms with Crippen LogP contribution >= 0.6 is 0 Å². The van der Waals surface area contributed by atoms with Crippen LogP contribution in [-0.4, -0.2) is 27.8 Å². The molecule has 0 aliphatic carbocycles. The minimum atomic E-state index is -0.467. The van der Waals surface area contributed by atoms with Crippen molar-refractivity contribution in [3.63, 3.8) is 0 Å². The second-order valence-electron chi connectivity index (χ2n) is 4.23. The van der Waals surface area contributed by atoms with Gasteiger partial charge in [0.05, 0.1) is 18.7 Å². The lowest BCUT2D eigenvalue weighted by atomic mass is 9.99. The third-order valence-electron chi connectivity index (χ3n) is 2.92. The van der Waals surface area contributed by atoms with Crippen LogP contribution < -0.4 is 5.69 Å². The number of rotatable bonds is 3. The van der Waals surface area contributed by atoms with Gasteiger partial charge in [0.25, 0.3) is 0 Å². The molecule has 1 aromatic heterocycles. The maximum absolute atomic E-state index is 11.8. The molecule has 0 amide bonds. The molecule has 19 heavy (non-hydrogen) atoms. The highest BCUT2D eigenvalue weighted by Crippen LogP contribution is 2.22. The van der Waals surface area contributed by atoms with E-state index >= 15 is 0 Å². The number of esters is 1. The molecule has 0 radical (unpaired) electrons. The van der Waals surface area contributed by atoms with Crippen LogP contribution in [0.15, 0.2) is 29.1 Å². The van der Waals surface area contributed by atoms with Crippen molar-refractivity contribution < 1.29 is 9.53 Å². The third-order valence-corrected chi connectivity index (χ3v) is 2.92. The number of carbonyl (C=O) groups excluding carboxylic acids is 1. The highest BCUT2D eigenvalue weighted by Gasteiger charge is 2.20. The van der Waals surface area contributed by atoms with Gasteiger partial charge in [-0.15, -0.1) is 0 Å². The molecule has 1 atom stereocenters. The van der Waals surface area contributed by atoms with Gasteiger partial charge in [0, 0.05) is 0 Å². The Kier molecular flexibility index (Phi) is 3.50. The van der Waals surface area contributed by atoms with Crippen molar-refractivity contribution in [1.29, 1.82) is 0 Å². The lowest BCUT2D eigenvalue weighted by Crippen LogP contribution is -2.20. The van der Waals surface area contributed by atoms with E-state index in [0.29, 0.717) is 17.1 Å². The second kappa shape index (κ2) is 5.09. The highest BCUT2D eigenvalue weighted by molar-refractivity contribution is 5.79. The Bertz CT molecular complexity index is 657. The molecule has 1 aromatic carbocycles. The molecular weight excluding hydrogens is 246 g/mol. The molecular formula is C13H15N3O3. The largest absolute Gasteiger partial charge is 0.469 e. The number of hydrogen-bond donors (Lipinski definition) is 1. The molecule has 2 aromatic rings. The number of aryl methyl sites for hydroxylation is 1. The number of ether oxygens (including phenoxy) is 1. The van der Waals surface area contributed by atoms with Crippen molar-refractivity contribution in [2.45, 2.75) is 19.8 Å². The first-order valence-electron chi connectivity index (χ1n) is 5.87. The Labute approximate surface area is 110 Å². The van der Waals surface area contributed by atoms with Gasteiger partial charge in [-0.25, -0.2) is 4.79 Å². The minimum absolute atomic E-state index is 0.331. The van der Waals surface area contributed by atoms with E-state index in [1.165, 1.54) is 11.8 Å². The zero-order valence-corrected chi connectivity index (χ0v) is 11.0. The number of para-hydroxylation sites is 1. The summed E-state index contributed by atoms with van der Waals surface area (Å²) < 4.78 is 5.99. The molecule has 0 aliphatic rings. The average molecular weight is 261 g/mol. The van der Waals surface area contributed by atoms with Gasteiger partial charge in [-0.3, -0.25) is 9.78 Å². The highest BCUT2D eigenvalue weighted by atomic mass is 16.5. The lowest BCUT2D eigenvalue weighted by Gasteiger charge is -2.13. The molecule has 2 rings (SSSR count). The predicted molar refractivity (Wildman–Crippen MR) is 69.4 cm³/mol. The summed E-state index contributed by atoms with van der Waals surface area (Å²) in [6.07, 6.45) is 0. The van der Waals surface area contributed by atoms with Crippen molar-refractivity contribution in [1.82, 2.24) is 14.8 Å². The van der Waals surface area contributed by atoms with E-state index < -0.39 is 5.92 Å². The van der Waals surface area contributed by atoms with Crippen molar-refractivity contribution in [2.24, 2.45) is 0 Å². The number of aromatic amines is 1. The second-order valence-corrected chi connectivity index (χ2v) is 4.23. The van der Waals surface area contributed by atoms with Gasteiger partial charge in [0.2, 0.25) is 0 Å². The van der Waals surface area contributed by atoms with Crippen LogP contribution in [0.4, 0.5) is 0 Å². The average Bonchev–Trinajstić information content (AvgIpc) is 2.76. The Hall–Kier alpha value is -2.37. The van der Waals surface area contributed by atoms with Crippen molar-refractivity contribution >= 4 is 5.97 Å². The number of hydrogen-bond acceptors (Lipinski definition) is 4. The fourth-order valence-corrected chi connectivity index (χ4v) is 1.94. The van der Waals surface area contributed by atoms with E-state index in [2.05, 4.69) is 10.1 Å². The maximum atomic E-state index is 11.8. The molecule has 0 spiro atoms. The van der Waals surface area contributed by atoms with E-state index in [4.69, 9.17) is 4.74 Å². The molecule has 1 N–H and O–H groups in total. The normalized spacial score (nSPS) is 12.2. The number of H-pyrrole nitrogens is 1. The van der Waals surface area contributed by atoms with Crippen molar-refractivity contribution in [3.05, 3.63) is 46.1 Å². The first-order valence-corrected chi connectivity index (χ1v) is 5.87. The van der Waals surface area contributed by atoms with Gasteiger partial charge in [-0.1, -0.05) is 18.2 Å². The summed E-state index contributed by atoms with van der Waals surface area (Å²) in [5.74, 6) is -0.302. The van der Waals surface area contributed by atoms with Crippen LogP contribution in [0.2, 0.25) is 0 Å². The fourth-order valence-electron chi connectivity index (χ4n) is 1.94. The summed E-state index contributed by atoms with van der Waals surface area (Å²) in [4.78, 5) is 26.0. The third kappa shape index (κ3) is 2.42. The summed E-state index contributed by atoms with van der Waals surface area (Å²) in [6, 6.07) is 7.13. The quantitative estimate of drug-likeness (QED) is 0.841. The summed E-state index contributed by atoms with van der Waals surface area (Å²) >= 11 is 0. The molecule has 1 unspecified atom stereocenters. The first kappa shape index (κ1) is 13.1. The number of nitrogens with one attached hydrogen (secondary N) is 1. The van der Waals surface area contributed by atoms with E-state index in [-0.39, 0.29) is 11.7 Å². The van der Waals surface area contributed by atoms with Crippen LogP contribution in [0.1, 0.15) is 24.2 Å². The summed E-state index contributed by atoms with van der Waals surface area (Å²) in [6.45, 7) is 3.43. The number of aromatic nitrogens is 3. The van der Waals surface area contributed by atoms with Gasteiger partial charge in [0.1, 0.15) is 5.82 Å². The van der Waals surface area contributed by atoms with Crippen LogP contribution in [0.25, 0.3) is 5.69 Å². The number of methoxy groups -OCH3 is 1. The number of nitrogens with zero attached hydrogens (tertiary/aromatic N) is 2. The summed E-state index contributed by atoms with van der Waals surface area (Å²) in [5.41, 5.74) is 0.944. The summed E-state index contributed by atoms with van der Waals surface area (Å²) in [7, 11) is 1.34. The lowest BCUT2D eigenvalue weighted by molar-refractivity contribution is -0.141. The molecule has 6 nitrogen and oxygen atoms in total. The predicted octanol–water partition coefficient (Wildman–Crippen LogP) is 1.15. The monoisotopic (exact) mass is 261 g/mol. The maximum Gasteiger partial charge on any atom is 0.348 e. The van der Waals surface area contributed by atoms with E-state index in [9.17, 15) is 9.59 Å². The van der Waals surface area contributed by atoms with Crippen LogP contribution in [-0.2, 0) is 9.53 Å². The van der Waals surface area contributed by atoms with Gasteiger partial charge in [-0.05, 0) is 25.5 Å². The van der Waals surface area contributed by atoms with Crippen LogP contribution in [0.5, 0.6) is 0 Å².